The first-order chi connectivity index (χ1) is 6.61. The van der Waals surface area contributed by atoms with Crippen LogP contribution in [0.3, 0.4) is 0 Å². The first-order valence-corrected chi connectivity index (χ1v) is 4.75. The van der Waals surface area contributed by atoms with Gasteiger partial charge in [-0.3, -0.25) is 4.98 Å². The summed E-state index contributed by atoms with van der Waals surface area (Å²) in [6, 6.07) is 1.86. The molecule has 2 N–H and O–H groups in total. The Morgan fingerprint density at radius 1 is 1.64 bits per heavy atom. The van der Waals surface area contributed by atoms with E-state index in [2.05, 4.69) is 4.98 Å². The zero-order valence-corrected chi connectivity index (χ0v) is 9.12. The van der Waals surface area contributed by atoms with Gasteiger partial charge in [-0.25, -0.2) is 8.78 Å². The standard InChI is InChI=1S/C8H6F2IN3/c9-8(10)7-6(11)5(2-13)4(1-12)3-14-7/h3,8H,2,13H2. The van der Waals surface area contributed by atoms with Gasteiger partial charge in [-0.05, 0) is 22.6 Å². The molecular formula is C8H6F2IN3. The van der Waals surface area contributed by atoms with Gasteiger partial charge in [0.05, 0.1) is 5.56 Å². The maximum absolute atomic E-state index is 12.4. The van der Waals surface area contributed by atoms with Gasteiger partial charge in [-0.15, -0.1) is 0 Å². The minimum atomic E-state index is -2.64. The molecule has 0 saturated carbocycles. The maximum Gasteiger partial charge on any atom is 0.281 e. The molecule has 74 valence electrons. The van der Waals surface area contributed by atoms with Crippen LogP contribution < -0.4 is 5.73 Å². The molecule has 0 bridgehead atoms. The highest BCUT2D eigenvalue weighted by atomic mass is 127. The van der Waals surface area contributed by atoms with Crippen molar-refractivity contribution >= 4 is 22.6 Å². The molecule has 6 heteroatoms. The van der Waals surface area contributed by atoms with Gasteiger partial charge in [-0.2, -0.15) is 5.26 Å². The largest absolute Gasteiger partial charge is 0.326 e. The molecule has 0 spiro atoms. The number of nitrogens with zero attached hydrogens (tertiary/aromatic N) is 2. The van der Waals surface area contributed by atoms with E-state index in [1.807, 2.05) is 6.07 Å². The van der Waals surface area contributed by atoms with E-state index in [-0.39, 0.29) is 21.4 Å². The van der Waals surface area contributed by atoms with E-state index in [9.17, 15) is 8.78 Å². The number of nitriles is 1. The van der Waals surface area contributed by atoms with E-state index >= 15 is 0 Å². The molecule has 1 aromatic rings. The van der Waals surface area contributed by atoms with Crippen molar-refractivity contribution in [2.45, 2.75) is 13.0 Å². The fourth-order valence-electron chi connectivity index (χ4n) is 0.990. The Hall–Kier alpha value is -0.810. The monoisotopic (exact) mass is 309 g/mol. The van der Waals surface area contributed by atoms with E-state index in [0.29, 0.717) is 5.56 Å². The average molecular weight is 309 g/mol. The summed E-state index contributed by atoms with van der Waals surface area (Å²) >= 11 is 1.73. The van der Waals surface area contributed by atoms with Crippen LogP contribution in [0.15, 0.2) is 6.20 Å². The SMILES string of the molecule is N#Cc1cnc(C(F)F)c(I)c1CN. The van der Waals surface area contributed by atoms with E-state index in [4.69, 9.17) is 11.0 Å². The van der Waals surface area contributed by atoms with Crippen LogP contribution >= 0.6 is 22.6 Å². The first-order valence-electron chi connectivity index (χ1n) is 3.67. The third-order valence-electron chi connectivity index (χ3n) is 1.68. The van der Waals surface area contributed by atoms with Crippen molar-refractivity contribution in [3.63, 3.8) is 0 Å². The molecule has 1 heterocycles. The topological polar surface area (TPSA) is 62.7 Å². The Morgan fingerprint density at radius 3 is 2.71 bits per heavy atom. The molecule has 0 aliphatic heterocycles. The second kappa shape index (κ2) is 4.61. The lowest BCUT2D eigenvalue weighted by atomic mass is 10.1. The Bertz CT molecular complexity index is 387. The van der Waals surface area contributed by atoms with E-state index < -0.39 is 6.43 Å². The van der Waals surface area contributed by atoms with Crippen LogP contribution in [0.1, 0.15) is 23.2 Å². The lowest BCUT2D eigenvalue weighted by Gasteiger charge is -2.08. The molecule has 1 aromatic heterocycles. The summed E-state index contributed by atoms with van der Waals surface area (Å²) in [5, 5.41) is 8.67. The van der Waals surface area contributed by atoms with Crippen LogP contribution in [0.4, 0.5) is 8.78 Å². The van der Waals surface area contributed by atoms with E-state index in [1.54, 1.807) is 22.6 Å². The van der Waals surface area contributed by atoms with Gasteiger partial charge in [0.2, 0.25) is 0 Å². The number of halogens is 3. The quantitative estimate of drug-likeness (QED) is 0.849. The van der Waals surface area contributed by atoms with Crippen molar-refractivity contribution < 1.29 is 8.78 Å². The van der Waals surface area contributed by atoms with Crippen LogP contribution in [0.2, 0.25) is 0 Å². The number of alkyl halides is 2. The number of hydrogen-bond acceptors (Lipinski definition) is 3. The van der Waals surface area contributed by atoms with Gasteiger partial charge in [0.1, 0.15) is 11.8 Å². The normalized spacial score (nSPS) is 10.3. The van der Waals surface area contributed by atoms with E-state index in [1.165, 1.54) is 0 Å². The third kappa shape index (κ3) is 1.99. The van der Waals surface area contributed by atoms with E-state index in [0.717, 1.165) is 6.20 Å². The fourth-order valence-corrected chi connectivity index (χ4v) is 1.87. The summed E-state index contributed by atoms with van der Waals surface area (Å²) < 4.78 is 25.1. The Morgan fingerprint density at radius 2 is 2.29 bits per heavy atom. The highest BCUT2D eigenvalue weighted by Gasteiger charge is 2.18. The summed E-state index contributed by atoms with van der Waals surface area (Å²) in [4.78, 5) is 3.52. The smallest absolute Gasteiger partial charge is 0.281 e. The Balaban J connectivity index is 3.37. The molecule has 14 heavy (non-hydrogen) atoms. The summed E-state index contributed by atoms with van der Waals surface area (Å²) in [5.41, 5.74) is 5.73. The predicted molar refractivity (Wildman–Crippen MR) is 54.5 cm³/mol. The molecule has 0 fully saturated rings. The molecule has 0 aliphatic rings. The van der Waals surface area contributed by atoms with Crippen LogP contribution in [0.25, 0.3) is 0 Å². The number of rotatable bonds is 2. The molecular weight excluding hydrogens is 303 g/mol. The fraction of sp³-hybridized carbons (Fsp3) is 0.250. The van der Waals surface area contributed by atoms with Gasteiger partial charge >= 0.3 is 0 Å². The van der Waals surface area contributed by atoms with Gasteiger partial charge in [-0.1, -0.05) is 0 Å². The van der Waals surface area contributed by atoms with Crippen molar-refractivity contribution in [2.24, 2.45) is 5.73 Å². The first kappa shape index (κ1) is 11.3. The summed E-state index contributed by atoms with van der Waals surface area (Å²) in [6.07, 6.45) is -1.51. The van der Waals surface area contributed by atoms with Crippen LogP contribution in [0, 0.1) is 14.9 Å². The van der Waals surface area contributed by atoms with Crippen molar-refractivity contribution in [3.8, 4) is 6.07 Å². The van der Waals surface area contributed by atoms with Crippen LogP contribution in [0.5, 0.6) is 0 Å². The summed E-state index contributed by atoms with van der Waals surface area (Å²) in [7, 11) is 0. The van der Waals surface area contributed by atoms with Gasteiger partial charge in [0, 0.05) is 21.9 Å². The third-order valence-corrected chi connectivity index (χ3v) is 2.88. The zero-order chi connectivity index (χ0) is 10.7. The van der Waals surface area contributed by atoms with Crippen molar-refractivity contribution in [2.75, 3.05) is 0 Å². The molecule has 3 nitrogen and oxygen atoms in total. The van der Waals surface area contributed by atoms with Gasteiger partial charge < -0.3 is 5.73 Å². The van der Waals surface area contributed by atoms with Crippen molar-refractivity contribution in [1.82, 2.24) is 4.98 Å². The predicted octanol–water partition coefficient (Wildman–Crippen LogP) is 1.95. The molecule has 0 atom stereocenters. The number of nitrogens with two attached hydrogens (primary N) is 1. The summed E-state index contributed by atoms with van der Waals surface area (Å²) in [5.74, 6) is 0. The molecule has 0 aliphatic carbocycles. The highest BCUT2D eigenvalue weighted by Crippen LogP contribution is 2.26. The molecule has 0 saturated heterocycles. The average Bonchev–Trinajstić information content (AvgIpc) is 2.16. The maximum atomic E-state index is 12.4. The van der Waals surface area contributed by atoms with Crippen LogP contribution in [-0.2, 0) is 6.54 Å². The minimum absolute atomic E-state index is 0.0589. The lowest BCUT2D eigenvalue weighted by Crippen LogP contribution is -2.07. The van der Waals surface area contributed by atoms with Gasteiger partial charge in [0.25, 0.3) is 6.43 Å². The molecule has 1 rings (SSSR count). The number of aromatic nitrogens is 1. The van der Waals surface area contributed by atoms with Crippen LogP contribution in [-0.4, -0.2) is 4.98 Å². The molecule has 0 amide bonds. The summed E-state index contributed by atoms with van der Waals surface area (Å²) in [6.45, 7) is 0.0589. The number of pyridine rings is 1. The Kier molecular flexibility index (Phi) is 3.71. The second-order valence-electron chi connectivity index (χ2n) is 2.47. The molecule has 0 radical (unpaired) electrons. The second-order valence-corrected chi connectivity index (χ2v) is 3.55. The molecule has 0 aromatic carbocycles. The zero-order valence-electron chi connectivity index (χ0n) is 6.97. The number of hydrogen-bond donors (Lipinski definition) is 1. The van der Waals surface area contributed by atoms with Gasteiger partial charge in [0.15, 0.2) is 0 Å². The Labute approximate surface area is 93.1 Å². The van der Waals surface area contributed by atoms with Crippen molar-refractivity contribution in [3.05, 3.63) is 26.6 Å². The lowest BCUT2D eigenvalue weighted by molar-refractivity contribution is 0.145. The minimum Gasteiger partial charge on any atom is -0.326 e. The van der Waals surface area contributed by atoms with Crippen molar-refractivity contribution in [1.29, 1.82) is 5.26 Å². The highest BCUT2D eigenvalue weighted by molar-refractivity contribution is 14.1. The molecule has 0 unspecified atom stereocenters.